The number of hydrogen-bond acceptors (Lipinski definition) is 5. The van der Waals surface area contributed by atoms with Crippen molar-refractivity contribution in [1.82, 2.24) is 15.6 Å². The van der Waals surface area contributed by atoms with Crippen molar-refractivity contribution in [2.75, 3.05) is 20.8 Å². The molecule has 1 aromatic heterocycles. The first-order valence-electron chi connectivity index (χ1n) is 9.88. The Hall–Kier alpha value is -3.48. The Kier molecular flexibility index (Phi) is 7.32. The lowest BCUT2D eigenvalue weighted by Crippen LogP contribution is -2.36. The number of aliphatic imine (C=N–C) groups is 1. The lowest BCUT2D eigenvalue weighted by molar-refractivity contribution is 0.352. The molecule has 30 heavy (non-hydrogen) atoms. The van der Waals surface area contributed by atoms with Crippen molar-refractivity contribution in [3.63, 3.8) is 0 Å². The van der Waals surface area contributed by atoms with E-state index >= 15 is 0 Å². The number of aryl methyl sites for hydroxylation is 1. The Morgan fingerprint density at radius 1 is 1.07 bits per heavy atom. The molecule has 0 saturated carbocycles. The summed E-state index contributed by atoms with van der Waals surface area (Å²) in [6, 6.07) is 13.9. The van der Waals surface area contributed by atoms with Gasteiger partial charge in [0.1, 0.15) is 6.26 Å². The number of benzene rings is 2. The summed E-state index contributed by atoms with van der Waals surface area (Å²) in [5, 5.41) is 6.53. The van der Waals surface area contributed by atoms with Gasteiger partial charge in [-0.25, -0.2) is 9.98 Å². The fourth-order valence-corrected chi connectivity index (χ4v) is 2.98. The summed E-state index contributed by atoms with van der Waals surface area (Å²) in [5.74, 6) is 2.67. The maximum atomic E-state index is 5.63. The first-order chi connectivity index (χ1) is 14.6. The fourth-order valence-electron chi connectivity index (χ4n) is 2.98. The van der Waals surface area contributed by atoms with Crippen LogP contribution in [0.3, 0.4) is 0 Å². The Bertz CT molecular complexity index is 980. The quantitative estimate of drug-likeness (QED) is 0.434. The number of aromatic nitrogens is 1. The maximum absolute atomic E-state index is 5.63. The summed E-state index contributed by atoms with van der Waals surface area (Å²) < 4.78 is 16.5. The zero-order valence-electron chi connectivity index (χ0n) is 17.9. The van der Waals surface area contributed by atoms with E-state index in [0.717, 1.165) is 23.4 Å². The van der Waals surface area contributed by atoms with Gasteiger partial charge >= 0.3 is 0 Å². The van der Waals surface area contributed by atoms with Crippen molar-refractivity contribution in [1.29, 1.82) is 0 Å². The van der Waals surface area contributed by atoms with Crippen LogP contribution in [0.5, 0.6) is 11.5 Å². The summed E-state index contributed by atoms with van der Waals surface area (Å²) in [6.45, 7) is 5.76. The smallest absolute Gasteiger partial charge is 0.226 e. The highest BCUT2D eigenvalue weighted by Crippen LogP contribution is 2.31. The Labute approximate surface area is 177 Å². The minimum atomic E-state index is 0.448. The summed E-state index contributed by atoms with van der Waals surface area (Å²) in [4.78, 5) is 9.22. The standard InChI is InChI=1S/C23H28N4O3/c1-5-24-23(25-13-18-7-6-8-20(28-3)21(18)29-4)26-14-19-15-30-22(27-19)17-11-9-16(2)10-12-17/h6-12,15H,5,13-14H2,1-4H3,(H2,24,25,26). The summed E-state index contributed by atoms with van der Waals surface area (Å²) >= 11 is 0. The van der Waals surface area contributed by atoms with Gasteiger partial charge in [0, 0.05) is 17.7 Å². The number of guanidine groups is 1. The van der Waals surface area contributed by atoms with Gasteiger partial charge in [0.05, 0.1) is 33.0 Å². The molecule has 2 aromatic carbocycles. The van der Waals surface area contributed by atoms with Crippen molar-refractivity contribution in [2.45, 2.75) is 26.9 Å². The number of methoxy groups -OCH3 is 2. The van der Waals surface area contributed by atoms with E-state index in [0.29, 0.717) is 36.4 Å². The third-order valence-corrected chi connectivity index (χ3v) is 4.52. The van der Waals surface area contributed by atoms with Crippen molar-refractivity contribution in [3.05, 3.63) is 65.5 Å². The predicted octanol–water partition coefficient (Wildman–Crippen LogP) is 3.92. The number of nitrogens with zero attached hydrogens (tertiary/aromatic N) is 2. The van der Waals surface area contributed by atoms with Crippen LogP contribution in [0.1, 0.15) is 23.7 Å². The van der Waals surface area contributed by atoms with Gasteiger partial charge in [0.2, 0.25) is 5.89 Å². The van der Waals surface area contributed by atoms with E-state index < -0.39 is 0 Å². The van der Waals surface area contributed by atoms with Crippen molar-refractivity contribution in [3.8, 4) is 23.0 Å². The van der Waals surface area contributed by atoms with Crippen molar-refractivity contribution in [2.24, 2.45) is 4.99 Å². The molecule has 0 saturated heterocycles. The zero-order valence-corrected chi connectivity index (χ0v) is 17.9. The molecule has 0 spiro atoms. The van der Waals surface area contributed by atoms with Crippen LogP contribution in [0.2, 0.25) is 0 Å². The SMILES string of the molecule is CCNC(=NCc1cccc(OC)c1OC)NCc1coc(-c2ccc(C)cc2)n1. The normalized spacial score (nSPS) is 11.3. The summed E-state index contributed by atoms with van der Waals surface area (Å²) in [6.07, 6.45) is 1.66. The van der Waals surface area contributed by atoms with Crippen LogP contribution in [0, 0.1) is 6.92 Å². The minimum Gasteiger partial charge on any atom is -0.493 e. The summed E-state index contributed by atoms with van der Waals surface area (Å²) in [5.41, 5.74) is 3.90. The van der Waals surface area contributed by atoms with E-state index in [1.165, 1.54) is 5.56 Å². The highest BCUT2D eigenvalue weighted by atomic mass is 16.5. The lowest BCUT2D eigenvalue weighted by atomic mass is 10.1. The van der Waals surface area contributed by atoms with Crippen LogP contribution in [-0.2, 0) is 13.1 Å². The maximum Gasteiger partial charge on any atom is 0.226 e. The van der Waals surface area contributed by atoms with Gasteiger partial charge in [-0.05, 0) is 32.0 Å². The second kappa shape index (κ2) is 10.3. The van der Waals surface area contributed by atoms with Crippen LogP contribution in [0.4, 0.5) is 0 Å². The number of nitrogens with one attached hydrogen (secondary N) is 2. The first-order valence-corrected chi connectivity index (χ1v) is 9.88. The zero-order chi connectivity index (χ0) is 21.3. The Balaban J connectivity index is 1.67. The highest BCUT2D eigenvalue weighted by molar-refractivity contribution is 5.79. The molecule has 2 N–H and O–H groups in total. The van der Waals surface area contributed by atoms with Gasteiger partial charge in [-0.3, -0.25) is 0 Å². The Morgan fingerprint density at radius 2 is 1.87 bits per heavy atom. The van der Waals surface area contributed by atoms with Crippen molar-refractivity contribution >= 4 is 5.96 Å². The molecular formula is C23H28N4O3. The molecular weight excluding hydrogens is 380 g/mol. The molecule has 0 aliphatic rings. The van der Waals surface area contributed by atoms with Crippen molar-refractivity contribution < 1.29 is 13.9 Å². The van der Waals surface area contributed by atoms with Gasteiger partial charge in [0.15, 0.2) is 17.5 Å². The second-order valence-electron chi connectivity index (χ2n) is 6.71. The van der Waals surface area contributed by atoms with Gasteiger partial charge in [-0.2, -0.15) is 0 Å². The predicted molar refractivity (Wildman–Crippen MR) is 118 cm³/mol. The van der Waals surface area contributed by atoms with Crippen LogP contribution < -0.4 is 20.1 Å². The minimum absolute atomic E-state index is 0.448. The second-order valence-corrected chi connectivity index (χ2v) is 6.71. The Morgan fingerprint density at radius 3 is 2.57 bits per heavy atom. The molecule has 0 unspecified atom stereocenters. The number of para-hydroxylation sites is 1. The van der Waals surface area contributed by atoms with Crippen LogP contribution in [0.25, 0.3) is 11.5 Å². The van der Waals surface area contributed by atoms with E-state index in [-0.39, 0.29) is 0 Å². The average molecular weight is 409 g/mol. The molecule has 0 aliphatic carbocycles. The van der Waals surface area contributed by atoms with Gasteiger partial charge in [-0.15, -0.1) is 0 Å². The first kappa shape index (κ1) is 21.2. The summed E-state index contributed by atoms with van der Waals surface area (Å²) in [7, 11) is 3.25. The average Bonchev–Trinajstić information content (AvgIpc) is 3.24. The molecule has 7 heteroatoms. The van der Waals surface area contributed by atoms with Gasteiger partial charge in [0.25, 0.3) is 0 Å². The number of rotatable bonds is 8. The van der Waals surface area contributed by atoms with Crippen LogP contribution in [-0.4, -0.2) is 31.7 Å². The molecule has 0 atom stereocenters. The van der Waals surface area contributed by atoms with Crippen LogP contribution >= 0.6 is 0 Å². The van der Waals surface area contributed by atoms with E-state index in [1.54, 1.807) is 20.5 Å². The van der Waals surface area contributed by atoms with E-state index in [4.69, 9.17) is 13.9 Å². The van der Waals surface area contributed by atoms with Gasteiger partial charge < -0.3 is 24.5 Å². The molecule has 3 rings (SSSR count). The lowest BCUT2D eigenvalue weighted by Gasteiger charge is -2.13. The van der Waals surface area contributed by atoms with E-state index in [1.807, 2.05) is 49.4 Å². The third-order valence-electron chi connectivity index (χ3n) is 4.52. The molecule has 7 nitrogen and oxygen atoms in total. The number of hydrogen-bond donors (Lipinski definition) is 2. The van der Waals surface area contributed by atoms with Gasteiger partial charge in [-0.1, -0.05) is 29.8 Å². The number of oxazole rings is 1. The molecule has 1 heterocycles. The fraction of sp³-hybridized carbons (Fsp3) is 0.304. The molecule has 0 aliphatic heterocycles. The molecule has 0 amide bonds. The molecule has 0 fully saturated rings. The topological polar surface area (TPSA) is 80.9 Å². The monoisotopic (exact) mass is 408 g/mol. The number of ether oxygens (including phenoxy) is 2. The van der Waals surface area contributed by atoms with E-state index in [2.05, 4.69) is 27.5 Å². The molecule has 3 aromatic rings. The molecule has 0 radical (unpaired) electrons. The van der Waals surface area contributed by atoms with Crippen LogP contribution in [0.15, 0.2) is 58.1 Å². The third kappa shape index (κ3) is 5.31. The molecule has 158 valence electrons. The molecule has 0 bridgehead atoms. The van der Waals surface area contributed by atoms with E-state index in [9.17, 15) is 0 Å². The highest BCUT2D eigenvalue weighted by Gasteiger charge is 2.10. The largest absolute Gasteiger partial charge is 0.493 e.